The molecule has 0 aromatic heterocycles. The molecule has 0 aliphatic heterocycles. The smallest absolute Gasteiger partial charge is 0.303 e. The Labute approximate surface area is 59.2 Å². The van der Waals surface area contributed by atoms with Crippen molar-refractivity contribution in [1.29, 1.82) is 0 Å². The molecule has 0 saturated carbocycles. The van der Waals surface area contributed by atoms with Crippen LogP contribution in [-0.2, 0) is 4.79 Å². The van der Waals surface area contributed by atoms with Crippen molar-refractivity contribution in [2.75, 3.05) is 0 Å². The minimum Gasteiger partial charge on any atom is -0.481 e. The van der Waals surface area contributed by atoms with Gasteiger partial charge < -0.3 is 10.3 Å². The van der Waals surface area contributed by atoms with Gasteiger partial charge in [0, 0.05) is 6.42 Å². The molecular formula is C6H11NO3. The molecule has 58 valence electrons. The van der Waals surface area contributed by atoms with Gasteiger partial charge in [0.05, 0.1) is 5.71 Å². The first-order chi connectivity index (χ1) is 4.66. The molecule has 0 heterocycles. The van der Waals surface area contributed by atoms with Crippen LogP contribution in [0.25, 0.3) is 0 Å². The van der Waals surface area contributed by atoms with Gasteiger partial charge in [-0.15, -0.1) is 0 Å². The van der Waals surface area contributed by atoms with Gasteiger partial charge in [-0.3, -0.25) is 4.79 Å². The highest BCUT2D eigenvalue weighted by atomic mass is 16.4. The van der Waals surface area contributed by atoms with Crippen LogP contribution in [0.15, 0.2) is 5.16 Å². The van der Waals surface area contributed by atoms with Crippen molar-refractivity contribution in [3.63, 3.8) is 0 Å². The number of carboxylic acids is 1. The lowest BCUT2D eigenvalue weighted by molar-refractivity contribution is -0.137. The van der Waals surface area contributed by atoms with Crippen molar-refractivity contribution in [2.45, 2.75) is 26.2 Å². The van der Waals surface area contributed by atoms with Gasteiger partial charge in [0.2, 0.25) is 0 Å². The summed E-state index contributed by atoms with van der Waals surface area (Å²) in [5.74, 6) is -0.814. The summed E-state index contributed by atoms with van der Waals surface area (Å²) >= 11 is 0. The van der Waals surface area contributed by atoms with E-state index in [4.69, 9.17) is 10.3 Å². The summed E-state index contributed by atoms with van der Waals surface area (Å²) in [6.45, 7) is 1.65. The normalized spacial score (nSPS) is 11.5. The molecule has 4 nitrogen and oxygen atoms in total. The molecular weight excluding hydrogens is 134 g/mol. The van der Waals surface area contributed by atoms with Gasteiger partial charge >= 0.3 is 5.97 Å². The topological polar surface area (TPSA) is 69.9 Å². The van der Waals surface area contributed by atoms with Crippen molar-refractivity contribution in [1.82, 2.24) is 0 Å². The summed E-state index contributed by atoms with van der Waals surface area (Å²) in [6.07, 6.45) is 1.21. The molecule has 0 aromatic carbocycles. The van der Waals surface area contributed by atoms with Gasteiger partial charge in [0.1, 0.15) is 0 Å². The fourth-order valence-electron chi connectivity index (χ4n) is 0.545. The number of hydrogen-bond acceptors (Lipinski definition) is 3. The van der Waals surface area contributed by atoms with E-state index in [0.29, 0.717) is 18.6 Å². The molecule has 10 heavy (non-hydrogen) atoms. The van der Waals surface area contributed by atoms with Gasteiger partial charge in [-0.05, 0) is 19.8 Å². The van der Waals surface area contributed by atoms with Crippen molar-refractivity contribution in [2.24, 2.45) is 5.16 Å². The molecule has 0 saturated heterocycles. The Morgan fingerprint density at radius 3 is 2.50 bits per heavy atom. The number of carbonyl (C=O) groups is 1. The quantitative estimate of drug-likeness (QED) is 0.353. The largest absolute Gasteiger partial charge is 0.481 e. The van der Waals surface area contributed by atoms with Crippen LogP contribution in [0.3, 0.4) is 0 Å². The van der Waals surface area contributed by atoms with E-state index in [1.165, 1.54) is 0 Å². The SMILES string of the molecule is CC(CCCC(=O)O)=NO. The van der Waals surface area contributed by atoms with Crippen LogP contribution >= 0.6 is 0 Å². The third kappa shape index (κ3) is 5.08. The van der Waals surface area contributed by atoms with Crippen LogP contribution < -0.4 is 0 Å². The molecule has 0 amide bonds. The number of oxime groups is 1. The number of hydrogen-bond donors (Lipinski definition) is 2. The van der Waals surface area contributed by atoms with Crippen LogP contribution in [0.5, 0.6) is 0 Å². The predicted octanol–water partition coefficient (Wildman–Crippen LogP) is 1.09. The van der Waals surface area contributed by atoms with E-state index in [1.54, 1.807) is 6.92 Å². The summed E-state index contributed by atoms with van der Waals surface area (Å²) in [5, 5.41) is 19.2. The Bertz CT molecular complexity index is 142. The van der Waals surface area contributed by atoms with Crippen molar-refractivity contribution >= 4 is 11.7 Å². The zero-order chi connectivity index (χ0) is 7.98. The van der Waals surface area contributed by atoms with Crippen molar-refractivity contribution in [3.05, 3.63) is 0 Å². The van der Waals surface area contributed by atoms with E-state index in [-0.39, 0.29) is 6.42 Å². The van der Waals surface area contributed by atoms with Crippen LogP contribution in [0.4, 0.5) is 0 Å². The van der Waals surface area contributed by atoms with E-state index >= 15 is 0 Å². The number of aliphatic carboxylic acids is 1. The van der Waals surface area contributed by atoms with E-state index in [1.807, 2.05) is 0 Å². The van der Waals surface area contributed by atoms with Gasteiger partial charge in [0.15, 0.2) is 0 Å². The van der Waals surface area contributed by atoms with Crippen LogP contribution in [-0.4, -0.2) is 22.0 Å². The molecule has 0 bridgehead atoms. The van der Waals surface area contributed by atoms with Crippen molar-refractivity contribution in [3.8, 4) is 0 Å². The van der Waals surface area contributed by atoms with Crippen LogP contribution in [0, 0.1) is 0 Å². The second kappa shape index (κ2) is 4.78. The highest BCUT2D eigenvalue weighted by Crippen LogP contribution is 1.96. The highest BCUT2D eigenvalue weighted by Gasteiger charge is 1.97. The first-order valence-corrected chi connectivity index (χ1v) is 3.06. The Balaban J connectivity index is 3.29. The first-order valence-electron chi connectivity index (χ1n) is 3.06. The maximum absolute atomic E-state index is 9.97. The van der Waals surface area contributed by atoms with Gasteiger partial charge in [0.25, 0.3) is 0 Å². The van der Waals surface area contributed by atoms with E-state index in [2.05, 4.69) is 5.16 Å². The molecule has 0 aliphatic carbocycles. The molecule has 2 N–H and O–H groups in total. The number of nitrogens with zero attached hydrogens (tertiary/aromatic N) is 1. The average Bonchev–Trinajstić information content (AvgIpc) is 1.87. The Morgan fingerprint density at radius 1 is 1.50 bits per heavy atom. The lowest BCUT2D eigenvalue weighted by Crippen LogP contribution is -1.97. The van der Waals surface area contributed by atoms with Crippen LogP contribution in [0.2, 0.25) is 0 Å². The predicted molar refractivity (Wildman–Crippen MR) is 36.4 cm³/mol. The summed E-state index contributed by atoms with van der Waals surface area (Å²) in [7, 11) is 0. The minimum atomic E-state index is -0.814. The van der Waals surface area contributed by atoms with Crippen LogP contribution in [0.1, 0.15) is 26.2 Å². The second-order valence-corrected chi connectivity index (χ2v) is 2.08. The Morgan fingerprint density at radius 2 is 2.10 bits per heavy atom. The molecule has 4 heteroatoms. The lowest BCUT2D eigenvalue weighted by Gasteiger charge is -1.93. The maximum Gasteiger partial charge on any atom is 0.303 e. The maximum atomic E-state index is 9.97. The summed E-state index contributed by atoms with van der Waals surface area (Å²) in [6, 6.07) is 0. The molecule has 0 radical (unpaired) electrons. The molecule has 0 aliphatic rings. The van der Waals surface area contributed by atoms with Gasteiger partial charge in [-0.1, -0.05) is 5.16 Å². The monoisotopic (exact) mass is 145 g/mol. The Kier molecular flexibility index (Phi) is 4.28. The fraction of sp³-hybridized carbons (Fsp3) is 0.667. The highest BCUT2D eigenvalue weighted by molar-refractivity contribution is 5.81. The molecule has 0 fully saturated rings. The summed E-state index contributed by atoms with van der Waals surface area (Å²) < 4.78 is 0. The van der Waals surface area contributed by atoms with Crippen molar-refractivity contribution < 1.29 is 15.1 Å². The standard InChI is InChI=1S/C6H11NO3/c1-5(7-10)3-2-4-6(8)9/h10H,2-4H2,1H3,(H,8,9). The first kappa shape index (κ1) is 8.94. The van der Waals surface area contributed by atoms with E-state index in [0.717, 1.165) is 0 Å². The number of rotatable bonds is 4. The number of carboxylic acid groups (broad SMARTS) is 1. The van der Waals surface area contributed by atoms with E-state index < -0.39 is 5.97 Å². The summed E-state index contributed by atoms with van der Waals surface area (Å²) in [5.41, 5.74) is 0.571. The second-order valence-electron chi connectivity index (χ2n) is 2.08. The average molecular weight is 145 g/mol. The van der Waals surface area contributed by atoms with E-state index in [9.17, 15) is 4.79 Å². The third-order valence-corrected chi connectivity index (χ3v) is 1.10. The minimum absolute atomic E-state index is 0.132. The van der Waals surface area contributed by atoms with Gasteiger partial charge in [-0.25, -0.2) is 0 Å². The fourth-order valence-corrected chi connectivity index (χ4v) is 0.545. The molecule has 0 rings (SSSR count). The molecule has 0 atom stereocenters. The molecule has 0 aromatic rings. The Hall–Kier alpha value is -1.06. The third-order valence-electron chi connectivity index (χ3n) is 1.10. The summed E-state index contributed by atoms with van der Waals surface area (Å²) in [4.78, 5) is 9.97. The molecule has 0 spiro atoms. The lowest BCUT2D eigenvalue weighted by atomic mass is 10.2. The molecule has 0 unspecified atom stereocenters. The zero-order valence-corrected chi connectivity index (χ0v) is 5.87. The van der Waals surface area contributed by atoms with Gasteiger partial charge in [-0.2, -0.15) is 0 Å². The zero-order valence-electron chi connectivity index (χ0n) is 5.87.